The highest BCUT2D eigenvalue weighted by atomic mass is 32.2. The topological polar surface area (TPSA) is 97.5 Å². The van der Waals surface area contributed by atoms with Crippen LogP contribution in [-0.4, -0.2) is 27.2 Å². The SMILES string of the molecule is C[C@H]1CCC(c2ccccc2)S(=O)(=O)N1Cc1ccc(-c2ccc(S(N)(=O)=O)cc2)cc1F. The van der Waals surface area contributed by atoms with Crippen LogP contribution in [0.4, 0.5) is 4.39 Å². The Morgan fingerprint density at radius 2 is 1.61 bits per heavy atom. The lowest BCUT2D eigenvalue weighted by Gasteiger charge is -2.37. The van der Waals surface area contributed by atoms with Gasteiger partial charge in [-0.05, 0) is 54.7 Å². The van der Waals surface area contributed by atoms with Gasteiger partial charge in [-0.15, -0.1) is 0 Å². The summed E-state index contributed by atoms with van der Waals surface area (Å²) in [7, 11) is -7.48. The van der Waals surface area contributed by atoms with E-state index in [1.165, 1.54) is 22.5 Å². The number of nitrogens with two attached hydrogens (primary N) is 1. The molecule has 1 aliphatic rings. The molecule has 2 atom stereocenters. The van der Waals surface area contributed by atoms with Gasteiger partial charge in [0.2, 0.25) is 20.0 Å². The second-order valence-corrected chi connectivity index (χ2v) is 11.9. The summed E-state index contributed by atoms with van der Waals surface area (Å²) in [5.74, 6) is -0.521. The molecule has 0 bridgehead atoms. The molecule has 3 aromatic carbocycles. The van der Waals surface area contributed by atoms with E-state index in [1.54, 1.807) is 24.3 Å². The third-order valence-electron chi connectivity index (χ3n) is 6.09. The maximum absolute atomic E-state index is 15.0. The van der Waals surface area contributed by atoms with Gasteiger partial charge < -0.3 is 0 Å². The minimum atomic E-state index is -3.81. The monoisotopic (exact) mass is 488 g/mol. The van der Waals surface area contributed by atoms with Crippen LogP contribution in [0.3, 0.4) is 0 Å². The molecule has 0 radical (unpaired) electrons. The van der Waals surface area contributed by atoms with Crippen LogP contribution >= 0.6 is 0 Å². The predicted molar refractivity (Wildman–Crippen MR) is 126 cm³/mol. The summed E-state index contributed by atoms with van der Waals surface area (Å²) in [5.41, 5.74) is 2.20. The van der Waals surface area contributed by atoms with Crippen LogP contribution in [-0.2, 0) is 26.6 Å². The van der Waals surface area contributed by atoms with E-state index in [0.717, 1.165) is 5.56 Å². The Balaban J connectivity index is 1.60. The molecular formula is C24H25FN2O4S2. The number of benzene rings is 3. The van der Waals surface area contributed by atoms with Crippen molar-refractivity contribution in [3.63, 3.8) is 0 Å². The van der Waals surface area contributed by atoms with Crippen molar-refractivity contribution in [3.05, 3.63) is 89.7 Å². The highest BCUT2D eigenvalue weighted by Crippen LogP contribution is 2.38. The van der Waals surface area contributed by atoms with Crippen LogP contribution in [0.15, 0.2) is 77.7 Å². The van der Waals surface area contributed by atoms with E-state index in [2.05, 4.69) is 0 Å². The van der Waals surface area contributed by atoms with Crippen molar-refractivity contribution < 1.29 is 21.2 Å². The fourth-order valence-electron chi connectivity index (χ4n) is 4.21. The van der Waals surface area contributed by atoms with Gasteiger partial charge in [0.15, 0.2) is 0 Å². The molecule has 4 rings (SSSR count). The van der Waals surface area contributed by atoms with Gasteiger partial charge in [-0.3, -0.25) is 0 Å². The Labute approximate surface area is 194 Å². The van der Waals surface area contributed by atoms with Crippen LogP contribution in [0, 0.1) is 5.82 Å². The molecule has 174 valence electrons. The first-order valence-corrected chi connectivity index (χ1v) is 13.6. The number of primary sulfonamides is 1. The summed E-state index contributed by atoms with van der Waals surface area (Å²) in [6, 6.07) is 19.3. The average molecular weight is 489 g/mol. The van der Waals surface area contributed by atoms with Crippen molar-refractivity contribution in [2.45, 2.75) is 42.5 Å². The summed E-state index contributed by atoms with van der Waals surface area (Å²) in [5, 5.41) is 4.47. The molecule has 3 aromatic rings. The van der Waals surface area contributed by atoms with Gasteiger partial charge in [0, 0.05) is 18.2 Å². The molecule has 1 unspecified atom stereocenters. The fourth-order valence-corrected chi connectivity index (χ4v) is 6.92. The minimum Gasteiger partial charge on any atom is -0.225 e. The van der Waals surface area contributed by atoms with E-state index in [1.807, 2.05) is 37.3 Å². The highest BCUT2D eigenvalue weighted by molar-refractivity contribution is 7.89. The second kappa shape index (κ2) is 8.98. The van der Waals surface area contributed by atoms with Crippen LogP contribution in [0.5, 0.6) is 0 Å². The van der Waals surface area contributed by atoms with Gasteiger partial charge in [0.05, 0.1) is 4.90 Å². The number of sulfonamides is 2. The predicted octanol–water partition coefficient (Wildman–Crippen LogP) is 4.20. The zero-order chi connectivity index (χ0) is 23.8. The van der Waals surface area contributed by atoms with Gasteiger partial charge in [0.1, 0.15) is 11.1 Å². The Hall–Kier alpha value is -2.59. The molecule has 2 N–H and O–H groups in total. The Morgan fingerprint density at radius 3 is 2.21 bits per heavy atom. The number of halogens is 1. The largest absolute Gasteiger partial charge is 0.238 e. The Kier molecular flexibility index (Phi) is 6.41. The zero-order valence-electron chi connectivity index (χ0n) is 18.1. The third-order valence-corrected chi connectivity index (χ3v) is 9.39. The summed E-state index contributed by atoms with van der Waals surface area (Å²) >= 11 is 0. The molecule has 0 spiro atoms. The van der Waals surface area contributed by atoms with Gasteiger partial charge in [-0.2, -0.15) is 4.31 Å². The van der Waals surface area contributed by atoms with E-state index < -0.39 is 31.1 Å². The molecule has 6 nitrogen and oxygen atoms in total. The molecule has 0 amide bonds. The van der Waals surface area contributed by atoms with Crippen LogP contribution in [0.25, 0.3) is 11.1 Å². The third kappa shape index (κ3) is 4.86. The van der Waals surface area contributed by atoms with Crippen molar-refractivity contribution in [2.75, 3.05) is 0 Å². The maximum Gasteiger partial charge on any atom is 0.238 e. The van der Waals surface area contributed by atoms with Crippen molar-refractivity contribution in [1.82, 2.24) is 4.31 Å². The summed E-state index contributed by atoms with van der Waals surface area (Å²) in [4.78, 5) is -0.0272. The van der Waals surface area contributed by atoms with Gasteiger partial charge in [-0.25, -0.2) is 26.4 Å². The van der Waals surface area contributed by atoms with Crippen LogP contribution in [0.2, 0.25) is 0 Å². The number of hydrogen-bond acceptors (Lipinski definition) is 4. The second-order valence-electron chi connectivity index (χ2n) is 8.29. The van der Waals surface area contributed by atoms with Crippen molar-refractivity contribution in [3.8, 4) is 11.1 Å². The first kappa shape index (κ1) is 23.6. The molecule has 9 heteroatoms. The molecular weight excluding hydrogens is 463 g/mol. The molecule has 1 heterocycles. The lowest BCUT2D eigenvalue weighted by molar-refractivity contribution is 0.279. The molecule has 33 heavy (non-hydrogen) atoms. The molecule has 1 aliphatic heterocycles. The van der Waals surface area contributed by atoms with Crippen LogP contribution < -0.4 is 5.14 Å². The molecule has 0 saturated carbocycles. The van der Waals surface area contributed by atoms with Gasteiger partial charge >= 0.3 is 0 Å². The lowest BCUT2D eigenvalue weighted by atomic mass is 10.0. The maximum atomic E-state index is 15.0. The van der Waals surface area contributed by atoms with Crippen LogP contribution in [0.1, 0.15) is 36.1 Å². The molecule has 0 aromatic heterocycles. The fraction of sp³-hybridized carbons (Fsp3) is 0.250. The molecule has 0 aliphatic carbocycles. The zero-order valence-corrected chi connectivity index (χ0v) is 19.7. The smallest absolute Gasteiger partial charge is 0.225 e. The quantitative estimate of drug-likeness (QED) is 0.582. The molecule has 1 fully saturated rings. The van der Waals surface area contributed by atoms with Crippen molar-refractivity contribution >= 4 is 20.0 Å². The summed E-state index contributed by atoms with van der Waals surface area (Å²) in [6.45, 7) is 1.79. The average Bonchev–Trinajstić information content (AvgIpc) is 2.77. The Morgan fingerprint density at radius 1 is 0.970 bits per heavy atom. The van der Waals surface area contributed by atoms with Gasteiger partial charge in [0.25, 0.3) is 0 Å². The standard InChI is InChI=1S/C24H25FN2O4S2/c1-17-7-14-24(19-5-3-2-4-6-19)33(30,31)27(17)16-21-9-8-20(15-23(21)25)18-10-12-22(13-11-18)32(26,28)29/h2-6,8-13,15,17,24H,7,14,16H2,1H3,(H2,26,28,29)/t17-,24?/m0/s1. The first-order chi connectivity index (χ1) is 15.6. The number of nitrogens with zero attached hydrogens (tertiary/aromatic N) is 1. The van der Waals surface area contributed by atoms with Crippen molar-refractivity contribution in [1.29, 1.82) is 0 Å². The van der Waals surface area contributed by atoms with E-state index in [-0.39, 0.29) is 23.0 Å². The van der Waals surface area contributed by atoms with E-state index >= 15 is 4.39 Å². The minimum absolute atomic E-state index is 0.0272. The summed E-state index contributed by atoms with van der Waals surface area (Å²) < 4.78 is 66.0. The highest BCUT2D eigenvalue weighted by Gasteiger charge is 2.40. The Bertz CT molecular complexity index is 1360. The normalized spacial score (nSPS) is 21.1. The van der Waals surface area contributed by atoms with Crippen molar-refractivity contribution in [2.24, 2.45) is 5.14 Å². The lowest BCUT2D eigenvalue weighted by Crippen LogP contribution is -2.44. The van der Waals surface area contributed by atoms with E-state index in [0.29, 0.717) is 24.0 Å². The summed E-state index contributed by atoms with van der Waals surface area (Å²) in [6.07, 6.45) is 1.22. The van der Waals surface area contributed by atoms with E-state index in [4.69, 9.17) is 5.14 Å². The molecule has 1 saturated heterocycles. The van der Waals surface area contributed by atoms with E-state index in [9.17, 15) is 16.8 Å². The first-order valence-electron chi connectivity index (χ1n) is 10.5. The number of hydrogen-bond donors (Lipinski definition) is 1. The number of rotatable bonds is 5. The van der Waals surface area contributed by atoms with Gasteiger partial charge in [-0.1, -0.05) is 54.6 Å².